The highest BCUT2D eigenvalue weighted by Gasteiger charge is 2.17. The van der Waals surface area contributed by atoms with Crippen LogP contribution >= 0.6 is 24.0 Å². The summed E-state index contributed by atoms with van der Waals surface area (Å²) in [4.78, 5) is 6.68. The fraction of sp³-hybridized carbons (Fsp3) is 0.933. The molecule has 0 amide bonds. The number of guanidine groups is 1. The minimum absolute atomic E-state index is 0. The van der Waals surface area contributed by atoms with Gasteiger partial charge in [-0.1, -0.05) is 6.92 Å². The Labute approximate surface area is 145 Å². The maximum absolute atomic E-state index is 6.04. The summed E-state index contributed by atoms with van der Waals surface area (Å²) in [7, 11) is 0. The Morgan fingerprint density at radius 1 is 1.24 bits per heavy atom. The number of rotatable bonds is 5. The molecule has 2 aliphatic heterocycles. The number of nitrogens with two attached hydrogens (primary N) is 1. The predicted molar refractivity (Wildman–Crippen MR) is 96.3 cm³/mol. The normalized spacial score (nSPS) is 22.1. The van der Waals surface area contributed by atoms with Crippen LogP contribution < -0.4 is 5.73 Å². The molecule has 2 aliphatic rings. The standard InChI is InChI=1S/C15H29N3O2.HI/c1-13-3-8-18(9-4-13)15(16)17-7-2-10-20-14-5-11-19-12-6-14;/h13-14H,2-12H2,1H3,(H2,16,17);1H. The monoisotopic (exact) mass is 411 g/mol. The van der Waals surface area contributed by atoms with Crippen molar-refractivity contribution in [3.05, 3.63) is 0 Å². The van der Waals surface area contributed by atoms with E-state index in [0.29, 0.717) is 12.1 Å². The number of nitrogens with zero attached hydrogens (tertiary/aromatic N) is 2. The van der Waals surface area contributed by atoms with Crippen molar-refractivity contribution >= 4 is 29.9 Å². The van der Waals surface area contributed by atoms with Gasteiger partial charge in [0.05, 0.1) is 6.10 Å². The second kappa shape index (κ2) is 10.6. The van der Waals surface area contributed by atoms with Crippen molar-refractivity contribution < 1.29 is 9.47 Å². The molecule has 0 aliphatic carbocycles. The fourth-order valence-corrected chi connectivity index (χ4v) is 2.69. The highest BCUT2D eigenvalue weighted by atomic mass is 127. The number of piperidine rings is 1. The SMILES string of the molecule is CC1CCN(C(N)=NCCCOC2CCOCC2)CC1.I. The van der Waals surface area contributed by atoms with Crippen LogP contribution in [0.4, 0.5) is 0 Å². The van der Waals surface area contributed by atoms with Gasteiger partial charge in [-0.25, -0.2) is 0 Å². The molecule has 0 radical (unpaired) electrons. The van der Waals surface area contributed by atoms with E-state index in [2.05, 4.69) is 16.8 Å². The maximum atomic E-state index is 6.04. The first-order valence-corrected chi connectivity index (χ1v) is 8.00. The van der Waals surface area contributed by atoms with Gasteiger partial charge in [0.1, 0.15) is 0 Å². The van der Waals surface area contributed by atoms with E-state index in [1.54, 1.807) is 0 Å². The van der Waals surface area contributed by atoms with Crippen molar-refractivity contribution in [2.45, 2.75) is 45.1 Å². The fourth-order valence-electron chi connectivity index (χ4n) is 2.69. The van der Waals surface area contributed by atoms with Crippen LogP contribution in [0.3, 0.4) is 0 Å². The van der Waals surface area contributed by atoms with Gasteiger partial charge in [0.15, 0.2) is 5.96 Å². The average molecular weight is 411 g/mol. The second-order valence-electron chi connectivity index (χ2n) is 5.95. The molecule has 0 unspecified atom stereocenters. The smallest absolute Gasteiger partial charge is 0.191 e. The molecule has 6 heteroatoms. The summed E-state index contributed by atoms with van der Waals surface area (Å²) >= 11 is 0. The zero-order valence-corrected chi connectivity index (χ0v) is 15.5. The van der Waals surface area contributed by atoms with Crippen LogP contribution in [0.25, 0.3) is 0 Å². The van der Waals surface area contributed by atoms with Gasteiger partial charge in [-0.3, -0.25) is 4.99 Å². The van der Waals surface area contributed by atoms with Crippen LogP contribution in [0.1, 0.15) is 39.0 Å². The summed E-state index contributed by atoms with van der Waals surface area (Å²) in [5.41, 5.74) is 6.04. The first kappa shape index (κ1) is 19.0. The Balaban J connectivity index is 0.00000220. The lowest BCUT2D eigenvalue weighted by molar-refractivity contribution is -0.0318. The first-order chi connectivity index (χ1) is 9.75. The van der Waals surface area contributed by atoms with Crippen molar-refractivity contribution in [3.63, 3.8) is 0 Å². The molecule has 2 heterocycles. The van der Waals surface area contributed by atoms with E-state index in [0.717, 1.165) is 64.6 Å². The number of aliphatic imine (C=N–C) groups is 1. The summed E-state index contributed by atoms with van der Waals surface area (Å²) in [5, 5.41) is 0. The van der Waals surface area contributed by atoms with Crippen LogP contribution in [0.5, 0.6) is 0 Å². The van der Waals surface area contributed by atoms with Gasteiger partial charge >= 0.3 is 0 Å². The molecular formula is C15H30IN3O2. The molecule has 21 heavy (non-hydrogen) atoms. The molecule has 124 valence electrons. The summed E-state index contributed by atoms with van der Waals surface area (Å²) in [6, 6.07) is 0. The maximum Gasteiger partial charge on any atom is 0.191 e. The van der Waals surface area contributed by atoms with Crippen molar-refractivity contribution in [2.24, 2.45) is 16.6 Å². The lowest BCUT2D eigenvalue weighted by Gasteiger charge is -2.31. The van der Waals surface area contributed by atoms with Gasteiger partial charge < -0.3 is 20.1 Å². The first-order valence-electron chi connectivity index (χ1n) is 8.00. The zero-order valence-electron chi connectivity index (χ0n) is 13.1. The molecule has 0 aromatic rings. The van der Waals surface area contributed by atoms with E-state index in [9.17, 15) is 0 Å². The van der Waals surface area contributed by atoms with Crippen molar-refractivity contribution in [1.82, 2.24) is 4.90 Å². The van der Waals surface area contributed by atoms with E-state index in [4.69, 9.17) is 15.2 Å². The molecule has 2 saturated heterocycles. The van der Waals surface area contributed by atoms with Crippen LogP contribution in [-0.4, -0.2) is 56.4 Å². The molecule has 2 fully saturated rings. The van der Waals surface area contributed by atoms with Crippen molar-refractivity contribution in [3.8, 4) is 0 Å². The van der Waals surface area contributed by atoms with E-state index in [1.807, 2.05) is 0 Å². The van der Waals surface area contributed by atoms with Gasteiger partial charge in [-0.05, 0) is 38.0 Å². The number of likely N-dealkylation sites (tertiary alicyclic amines) is 1. The molecule has 2 rings (SSSR count). The number of ether oxygens (including phenoxy) is 2. The Hall–Kier alpha value is -0.0800. The molecular weight excluding hydrogens is 381 g/mol. The van der Waals surface area contributed by atoms with Gasteiger partial charge in [0.25, 0.3) is 0 Å². The predicted octanol–water partition coefficient (Wildman–Crippen LogP) is 2.24. The summed E-state index contributed by atoms with van der Waals surface area (Å²) < 4.78 is 11.1. The van der Waals surface area contributed by atoms with Gasteiger partial charge in [0.2, 0.25) is 0 Å². The molecule has 0 spiro atoms. The third-order valence-electron chi connectivity index (χ3n) is 4.21. The number of hydrogen-bond donors (Lipinski definition) is 1. The van der Waals surface area contributed by atoms with Crippen LogP contribution in [-0.2, 0) is 9.47 Å². The average Bonchev–Trinajstić information content (AvgIpc) is 2.48. The van der Waals surface area contributed by atoms with Gasteiger partial charge in [0, 0.05) is 39.5 Å². The van der Waals surface area contributed by atoms with Crippen molar-refractivity contribution in [2.75, 3.05) is 39.5 Å². The molecule has 0 aromatic heterocycles. The Morgan fingerprint density at radius 2 is 1.90 bits per heavy atom. The molecule has 0 saturated carbocycles. The molecule has 0 atom stereocenters. The lowest BCUT2D eigenvalue weighted by Crippen LogP contribution is -2.42. The van der Waals surface area contributed by atoms with E-state index in [1.165, 1.54) is 12.8 Å². The van der Waals surface area contributed by atoms with Crippen LogP contribution in [0.2, 0.25) is 0 Å². The summed E-state index contributed by atoms with van der Waals surface area (Å²) in [6.07, 6.45) is 5.83. The highest BCUT2D eigenvalue weighted by molar-refractivity contribution is 14.0. The van der Waals surface area contributed by atoms with E-state index < -0.39 is 0 Å². The van der Waals surface area contributed by atoms with Crippen LogP contribution in [0.15, 0.2) is 4.99 Å². The Bertz CT molecular complexity index is 301. The van der Waals surface area contributed by atoms with Crippen molar-refractivity contribution in [1.29, 1.82) is 0 Å². The molecule has 2 N–H and O–H groups in total. The minimum atomic E-state index is 0. The van der Waals surface area contributed by atoms with E-state index >= 15 is 0 Å². The zero-order chi connectivity index (χ0) is 14.2. The summed E-state index contributed by atoms with van der Waals surface area (Å²) in [5.74, 6) is 1.54. The third kappa shape index (κ3) is 7.15. The van der Waals surface area contributed by atoms with Crippen LogP contribution in [0, 0.1) is 5.92 Å². The van der Waals surface area contributed by atoms with Gasteiger partial charge in [-0.15, -0.1) is 24.0 Å². The number of hydrogen-bond acceptors (Lipinski definition) is 3. The topological polar surface area (TPSA) is 60.1 Å². The lowest BCUT2D eigenvalue weighted by atomic mass is 10.00. The minimum Gasteiger partial charge on any atom is -0.381 e. The quantitative estimate of drug-likeness (QED) is 0.326. The van der Waals surface area contributed by atoms with Gasteiger partial charge in [-0.2, -0.15) is 0 Å². The summed E-state index contributed by atoms with van der Waals surface area (Å²) in [6.45, 7) is 7.62. The molecule has 0 aromatic carbocycles. The molecule has 0 bridgehead atoms. The largest absolute Gasteiger partial charge is 0.381 e. The Morgan fingerprint density at radius 3 is 2.57 bits per heavy atom. The van der Waals surface area contributed by atoms with E-state index in [-0.39, 0.29) is 24.0 Å². The number of halogens is 1. The third-order valence-corrected chi connectivity index (χ3v) is 4.21. The second-order valence-corrected chi connectivity index (χ2v) is 5.95. The Kier molecular flexibility index (Phi) is 9.59. The molecule has 5 nitrogen and oxygen atoms in total. The highest BCUT2D eigenvalue weighted by Crippen LogP contribution is 2.15.